The second-order valence-electron chi connectivity index (χ2n) is 7.65. The van der Waals surface area contributed by atoms with Crippen LogP contribution in [0, 0.1) is 17.8 Å². The number of anilines is 2. The van der Waals surface area contributed by atoms with Gasteiger partial charge in [-0.15, -0.1) is 0 Å². The molecule has 28 heavy (non-hydrogen) atoms. The molecule has 0 unspecified atom stereocenters. The van der Waals surface area contributed by atoms with Gasteiger partial charge in [0.15, 0.2) is 0 Å². The van der Waals surface area contributed by atoms with E-state index in [2.05, 4.69) is 12.2 Å². The van der Waals surface area contributed by atoms with Crippen LogP contribution in [0.2, 0.25) is 5.02 Å². The molecule has 1 heterocycles. The number of nitrogens with zero attached hydrogens (tertiary/aromatic N) is 1. The minimum atomic E-state index is -0.268. The van der Waals surface area contributed by atoms with Gasteiger partial charge in [-0.2, -0.15) is 0 Å². The molecule has 4 rings (SSSR count). The zero-order valence-corrected chi connectivity index (χ0v) is 16.3. The number of nitrogens with one attached hydrogen (secondary N) is 1. The molecule has 144 valence electrons. The first-order valence-corrected chi connectivity index (χ1v) is 9.86. The van der Waals surface area contributed by atoms with Crippen molar-refractivity contribution in [2.24, 2.45) is 17.8 Å². The lowest BCUT2D eigenvalue weighted by molar-refractivity contribution is -0.122. The van der Waals surface area contributed by atoms with Crippen LogP contribution < -0.4 is 10.2 Å². The number of fused-ring (bicyclic) bond motifs is 1. The molecule has 1 aliphatic carbocycles. The second kappa shape index (κ2) is 7.40. The van der Waals surface area contributed by atoms with Crippen molar-refractivity contribution in [1.29, 1.82) is 0 Å². The molecule has 3 amide bonds. The van der Waals surface area contributed by atoms with Crippen LogP contribution in [-0.2, 0) is 9.59 Å². The van der Waals surface area contributed by atoms with Crippen LogP contribution in [-0.4, -0.2) is 17.7 Å². The molecule has 0 bridgehead atoms. The van der Waals surface area contributed by atoms with Crippen molar-refractivity contribution < 1.29 is 14.4 Å². The Morgan fingerprint density at radius 3 is 2.29 bits per heavy atom. The van der Waals surface area contributed by atoms with Gasteiger partial charge < -0.3 is 5.32 Å². The van der Waals surface area contributed by atoms with E-state index in [4.69, 9.17) is 11.6 Å². The van der Waals surface area contributed by atoms with Crippen LogP contribution in [0.3, 0.4) is 0 Å². The molecule has 2 aliphatic rings. The number of halogens is 1. The number of rotatable bonds is 3. The Balaban J connectivity index is 1.50. The highest BCUT2D eigenvalue weighted by molar-refractivity contribution is 6.30. The zero-order valence-electron chi connectivity index (χ0n) is 15.5. The smallest absolute Gasteiger partial charge is 0.255 e. The first-order valence-electron chi connectivity index (χ1n) is 9.49. The van der Waals surface area contributed by atoms with Crippen LogP contribution in [0.25, 0.3) is 0 Å². The first kappa shape index (κ1) is 18.7. The van der Waals surface area contributed by atoms with Crippen LogP contribution in [0.15, 0.2) is 48.5 Å². The number of benzene rings is 2. The average Bonchev–Trinajstić information content (AvgIpc) is 2.93. The van der Waals surface area contributed by atoms with Crippen LogP contribution in [0.4, 0.5) is 11.4 Å². The maximum absolute atomic E-state index is 12.8. The summed E-state index contributed by atoms with van der Waals surface area (Å²) >= 11 is 5.85. The maximum atomic E-state index is 12.8. The van der Waals surface area contributed by atoms with E-state index in [0.717, 1.165) is 19.3 Å². The van der Waals surface area contributed by atoms with Gasteiger partial charge in [0.1, 0.15) is 0 Å². The molecular weight excluding hydrogens is 376 g/mol. The lowest BCUT2D eigenvalue weighted by atomic mass is 9.76. The summed E-state index contributed by atoms with van der Waals surface area (Å²) in [6.07, 6.45) is 2.53. The molecule has 2 aromatic rings. The van der Waals surface area contributed by atoms with Gasteiger partial charge in [0, 0.05) is 16.3 Å². The SMILES string of the molecule is C[C@@H]1CC[C@@H]2C(=O)N(c3ccc(C(=O)Nc4ccc(Cl)cc4)cc3)C(=O)[C@H]2C1. The minimum Gasteiger partial charge on any atom is -0.322 e. The third-order valence-electron chi connectivity index (χ3n) is 5.68. The maximum Gasteiger partial charge on any atom is 0.255 e. The predicted molar refractivity (Wildman–Crippen MR) is 108 cm³/mol. The van der Waals surface area contributed by atoms with E-state index in [1.165, 1.54) is 4.90 Å². The third-order valence-corrected chi connectivity index (χ3v) is 5.93. The molecule has 3 atom stereocenters. The number of imide groups is 1. The summed E-state index contributed by atoms with van der Waals surface area (Å²) in [7, 11) is 0. The molecule has 1 aliphatic heterocycles. The lowest BCUT2D eigenvalue weighted by Gasteiger charge is -2.25. The number of hydrogen-bond donors (Lipinski definition) is 1. The summed E-state index contributed by atoms with van der Waals surface area (Å²) in [6.45, 7) is 2.13. The topological polar surface area (TPSA) is 66.5 Å². The van der Waals surface area contributed by atoms with E-state index >= 15 is 0 Å². The van der Waals surface area contributed by atoms with Crippen molar-refractivity contribution in [1.82, 2.24) is 0 Å². The summed E-state index contributed by atoms with van der Waals surface area (Å²) < 4.78 is 0. The van der Waals surface area contributed by atoms with Gasteiger partial charge in [0.05, 0.1) is 17.5 Å². The third kappa shape index (κ3) is 3.42. The lowest BCUT2D eigenvalue weighted by Crippen LogP contribution is -2.30. The molecule has 1 N–H and O–H groups in total. The van der Waals surface area contributed by atoms with Crippen molar-refractivity contribution in [2.75, 3.05) is 10.2 Å². The Hall–Kier alpha value is -2.66. The summed E-state index contributed by atoms with van der Waals surface area (Å²) in [4.78, 5) is 39.3. The van der Waals surface area contributed by atoms with Crippen molar-refractivity contribution >= 4 is 40.7 Å². The Bertz CT molecular complexity index is 924. The fourth-order valence-corrected chi connectivity index (χ4v) is 4.27. The minimum absolute atomic E-state index is 0.111. The summed E-state index contributed by atoms with van der Waals surface area (Å²) in [5, 5.41) is 3.39. The van der Waals surface area contributed by atoms with E-state index in [1.54, 1.807) is 48.5 Å². The highest BCUT2D eigenvalue weighted by atomic mass is 35.5. The first-order chi connectivity index (χ1) is 13.4. The standard InChI is InChI=1S/C22H21ClN2O3/c1-13-2-11-18-19(12-13)22(28)25(21(18)27)17-9-3-14(4-10-17)20(26)24-16-7-5-15(23)6-8-16/h3-10,13,18-19H,2,11-12H2,1H3,(H,24,26)/t13-,18+,19+/m1/s1. The van der Waals surface area contributed by atoms with E-state index in [-0.39, 0.29) is 29.6 Å². The highest BCUT2D eigenvalue weighted by Gasteiger charge is 2.49. The van der Waals surface area contributed by atoms with E-state index in [1.807, 2.05) is 0 Å². The monoisotopic (exact) mass is 396 g/mol. The van der Waals surface area contributed by atoms with Crippen LogP contribution in [0.1, 0.15) is 36.5 Å². The van der Waals surface area contributed by atoms with Gasteiger partial charge in [-0.3, -0.25) is 19.3 Å². The highest BCUT2D eigenvalue weighted by Crippen LogP contribution is 2.42. The number of carbonyl (C=O) groups is 3. The molecule has 0 radical (unpaired) electrons. The van der Waals surface area contributed by atoms with Crippen LogP contribution >= 0.6 is 11.6 Å². The Morgan fingerprint density at radius 2 is 1.61 bits per heavy atom. The number of carbonyl (C=O) groups excluding carboxylic acids is 3. The van der Waals surface area contributed by atoms with E-state index in [9.17, 15) is 14.4 Å². The molecule has 0 aromatic heterocycles. The molecule has 1 saturated carbocycles. The van der Waals surface area contributed by atoms with Gasteiger partial charge in [-0.1, -0.05) is 18.5 Å². The molecule has 2 fully saturated rings. The molecule has 2 aromatic carbocycles. The summed E-state index contributed by atoms with van der Waals surface area (Å²) in [5.41, 5.74) is 1.62. The molecule has 1 saturated heterocycles. The fourth-order valence-electron chi connectivity index (χ4n) is 4.14. The zero-order chi connectivity index (χ0) is 19.8. The largest absolute Gasteiger partial charge is 0.322 e. The van der Waals surface area contributed by atoms with Crippen molar-refractivity contribution in [3.05, 3.63) is 59.1 Å². The average molecular weight is 397 g/mol. The van der Waals surface area contributed by atoms with Gasteiger partial charge in [0.2, 0.25) is 11.8 Å². The second-order valence-corrected chi connectivity index (χ2v) is 8.09. The van der Waals surface area contributed by atoms with Crippen LogP contribution in [0.5, 0.6) is 0 Å². The van der Waals surface area contributed by atoms with Crippen molar-refractivity contribution in [3.63, 3.8) is 0 Å². The Kier molecular flexibility index (Phi) is 4.94. The van der Waals surface area contributed by atoms with Gasteiger partial charge >= 0.3 is 0 Å². The summed E-state index contributed by atoms with van der Waals surface area (Å²) in [5.74, 6) is -0.423. The van der Waals surface area contributed by atoms with E-state index < -0.39 is 0 Å². The van der Waals surface area contributed by atoms with Gasteiger partial charge in [0.25, 0.3) is 5.91 Å². The van der Waals surface area contributed by atoms with Crippen molar-refractivity contribution in [2.45, 2.75) is 26.2 Å². The predicted octanol–water partition coefficient (Wildman–Crippen LogP) is 4.52. The summed E-state index contributed by atoms with van der Waals surface area (Å²) in [6, 6.07) is 13.4. The normalized spacial score (nSPS) is 24.2. The molecule has 5 nitrogen and oxygen atoms in total. The van der Waals surface area contributed by atoms with Gasteiger partial charge in [-0.05, 0) is 73.7 Å². The van der Waals surface area contributed by atoms with Crippen molar-refractivity contribution in [3.8, 4) is 0 Å². The quantitative estimate of drug-likeness (QED) is 0.776. The van der Waals surface area contributed by atoms with E-state index in [0.29, 0.717) is 27.9 Å². The van der Waals surface area contributed by atoms with Gasteiger partial charge in [-0.25, -0.2) is 0 Å². The molecule has 6 heteroatoms. The number of hydrogen-bond acceptors (Lipinski definition) is 3. The molecule has 0 spiro atoms. The Morgan fingerprint density at radius 1 is 0.964 bits per heavy atom. The fraction of sp³-hybridized carbons (Fsp3) is 0.318. The molecular formula is C22H21ClN2O3. The Labute approximate surface area is 168 Å². The number of amides is 3.